The second-order valence-corrected chi connectivity index (χ2v) is 3.60. The molecule has 0 heterocycles. The Kier molecular flexibility index (Phi) is 2.96. The maximum absolute atomic E-state index is 10.7. The number of nitrogen functional groups attached to an aromatic ring is 1. The highest BCUT2D eigenvalue weighted by molar-refractivity contribution is 5.90. The number of carbonyl (C=O) groups is 1. The van der Waals surface area contributed by atoms with Crippen LogP contribution in [0.2, 0.25) is 0 Å². The molecule has 0 saturated heterocycles. The maximum Gasteiger partial charge on any atom is 0.409 e. The summed E-state index contributed by atoms with van der Waals surface area (Å²) in [5.74, 6) is 0. The SMILES string of the molecule is Nc1cccc(-c2ccccc2NC(=O)O)c1. The normalized spacial score (nSPS) is 9.88. The predicted octanol–water partition coefficient (Wildman–Crippen LogP) is 3.03. The van der Waals surface area contributed by atoms with Gasteiger partial charge in [0.05, 0.1) is 5.69 Å². The summed E-state index contributed by atoms with van der Waals surface area (Å²) >= 11 is 0. The molecular weight excluding hydrogens is 216 g/mol. The Hall–Kier alpha value is -2.49. The number of hydrogen-bond donors (Lipinski definition) is 3. The number of carboxylic acid groups (broad SMARTS) is 1. The van der Waals surface area contributed by atoms with Gasteiger partial charge in [0.15, 0.2) is 0 Å². The van der Waals surface area contributed by atoms with E-state index in [0.29, 0.717) is 11.4 Å². The zero-order chi connectivity index (χ0) is 12.3. The molecule has 0 unspecified atom stereocenters. The smallest absolute Gasteiger partial charge is 0.409 e. The minimum atomic E-state index is -1.08. The van der Waals surface area contributed by atoms with Crippen molar-refractivity contribution >= 4 is 17.5 Å². The molecule has 0 aromatic heterocycles. The highest BCUT2D eigenvalue weighted by atomic mass is 16.4. The van der Waals surface area contributed by atoms with Crippen LogP contribution in [0.4, 0.5) is 16.2 Å². The molecule has 0 atom stereocenters. The molecule has 0 saturated carbocycles. The van der Waals surface area contributed by atoms with Crippen molar-refractivity contribution in [2.24, 2.45) is 0 Å². The molecule has 0 bridgehead atoms. The fourth-order valence-electron chi connectivity index (χ4n) is 1.67. The lowest BCUT2D eigenvalue weighted by atomic mass is 10.0. The van der Waals surface area contributed by atoms with Gasteiger partial charge >= 0.3 is 6.09 Å². The maximum atomic E-state index is 10.7. The fraction of sp³-hybridized carbons (Fsp3) is 0. The molecule has 0 aliphatic heterocycles. The third kappa shape index (κ3) is 2.55. The lowest BCUT2D eigenvalue weighted by molar-refractivity contribution is 0.210. The summed E-state index contributed by atoms with van der Waals surface area (Å²) in [4.78, 5) is 10.7. The molecule has 1 amide bonds. The molecule has 4 nitrogen and oxygen atoms in total. The second-order valence-electron chi connectivity index (χ2n) is 3.60. The van der Waals surface area contributed by atoms with Crippen molar-refractivity contribution in [1.29, 1.82) is 0 Å². The van der Waals surface area contributed by atoms with Crippen molar-refractivity contribution in [3.63, 3.8) is 0 Å². The van der Waals surface area contributed by atoms with Gasteiger partial charge in [0.2, 0.25) is 0 Å². The summed E-state index contributed by atoms with van der Waals surface area (Å²) in [7, 11) is 0. The molecule has 0 aliphatic rings. The zero-order valence-electron chi connectivity index (χ0n) is 9.05. The molecule has 86 valence electrons. The van der Waals surface area contributed by atoms with Crippen LogP contribution in [0.25, 0.3) is 11.1 Å². The van der Waals surface area contributed by atoms with Crippen molar-refractivity contribution in [3.05, 3.63) is 48.5 Å². The third-order valence-corrected chi connectivity index (χ3v) is 2.37. The largest absolute Gasteiger partial charge is 0.465 e. The van der Waals surface area contributed by atoms with E-state index < -0.39 is 6.09 Å². The molecule has 2 rings (SSSR count). The molecule has 4 N–H and O–H groups in total. The van der Waals surface area contributed by atoms with E-state index in [9.17, 15) is 4.79 Å². The van der Waals surface area contributed by atoms with Crippen molar-refractivity contribution in [2.45, 2.75) is 0 Å². The van der Waals surface area contributed by atoms with E-state index >= 15 is 0 Å². The Bertz CT molecular complexity index is 553. The second kappa shape index (κ2) is 4.57. The van der Waals surface area contributed by atoms with Crippen molar-refractivity contribution in [3.8, 4) is 11.1 Å². The monoisotopic (exact) mass is 228 g/mol. The van der Waals surface area contributed by atoms with Gasteiger partial charge in [0.25, 0.3) is 0 Å². The average Bonchev–Trinajstić information content (AvgIpc) is 2.29. The first kappa shape index (κ1) is 11.0. The van der Waals surface area contributed by atoms with E-state index in [2.05, 4.69) is 5.32 Å². The molecule has 0 fully saturated rings. The van der Waals surface area contributed by atoms with E-state index in [4.69, 9.17) is 10.8 Å². The summed E-state index contributed by atoms with van der Waals surface area (Å²) < 4.78 is 0. The van der Waals surface area contributed by atoms with Crippen LogP contribution in [0.5, 0.6) is 0 Å². The van der Waals surface area contributed by atoms with Crippen LogP contribution in [-0.2, 0) is 0 Å². The number of nitrogens with one attached hydrogen (secondary N) is 1. The molecule has 17 heavy (non-hydrogen) atoms. The van der Waals surface area contributed by atoms with Crippen LogP contribution < -0.4 is 11.1 Å². The van der Waals surface area contributed by atoms with Gasteiger partial charge in [-0.05, 0) is 23.8 Å². The Balaban J connectivity index is 2.47. The molecule has 0 aliphatic carbocycles. The van der Waals surface area contributed by atoms with E-state index in [1.165, 1.54) is 0 Å². The number of rotatable bonds is 2. The topological polar surface area (TPSA) is 75.3 Å². The van der Waals surface area contributed by atoms with Crippen molar-refractivity contribution in [1.82, 2.24) is 0 Å². The third-order valence-electron chi connectivity index (χ3n) is 2.37. The van der Waals surface area contributed by atoms with E-state index in [1.807, 2.05) is 30.3 Å². The lowest BCUT2D eigenvalue weighted by Gasteiger charge is -2.09. The number of para-hydroxylation sites is 1. The Morgan fingerprint density at radius 3 is 2.59 bits per heavy atom. The Morgan fingerprint density at radius 1 is 1.12 bits per heavy atom. The van der Waals surface area contributed by atoms with Crippen LogP contribution in [-0.4, -0.2) is 11.2 Å². The standard InChI is InChI=1S/C13H12N2O2/c14-10-5-3-4-9(8-10)11-6-1-2-7-12(11)15-13(16)17/h1-8,15H,14H2,(H,16,17). The fourth-order valence-corrected chi connectivity index (χ4v) is 1.67. The number of nitrogens with two attached hydrogens (primary N) is 1. The molecule has 0 spiro atoms. The number of benzene rings is 2. The summed E-state index contributed by atoms with van der Waals surface area (Å²) in [6, 6.07) is 14.5. The van der Waals surface area contributed by atoms with Gasteiger partial charge in [0.1, 0.15) is 0 Å². The Labute approximate surface area is 98.7 Å². The number of hydrogen-bond acceptors (Lipinski definition) is 2. The van der Waals surface area contributed by atoms with Crippen molar-refractivity contribution < 1.29 is 9.90 Å². The highest BCUT2D eigenvalue weighted by Gasteiger charge is 2.06. The van der Waals surface area contributed by atoms with E-state index in [0.717, 1.165) is 11.1 Å². The van der Waals surface area contributed by atoms with Gasteiger partial charge in [-0.15, -0.1) is 0 Å². The minimum absolute atomic E-state index is 0.547. The quantitative estimate of drug-likeness (QED) is 0.691. The number of anilines is 2. The predicted molar refractivity (Wildman–Crippen MR) is 67.9 cm³/mol. The van der Waals surface area contributed by atoms with Gasteiger partial charge in [-0.1, -0.05) is 30.3 Å². The summed E-state index contributed by atoms with van der Waals surface area (Å²) in [6.45, 7) is 0. The summed E-state index contributed by atoms with van der Waals surface area (Å²) in [6.07, 6.45) is -1.08. The van der Waals surface area contributed by atoms with E-state index in [-0.39, 0.29) is 0 Å². The molecular formula is C13H12N2O2. The Morgan fingerprint density at radius 2 is 1.88 bits per heavy atom. The first-order valence-electron chi connectivity index (χ1n) is 5.12. The first-order valence-corrected chi connectivity index (χ1v) is 5.12. The average molecular weight is 228 g/mol. The minimum Gasteiger partial charge on any atom is -0.465 e. The van der Waals surface area contributed by atoms with Crippen LogP contribution in [0.15, 0.2) is 48.5 Å². The van der Waals surface area contributed by atoms with Crippen LogP contribution in [0, 0.1) is 0 Å². The molecule has 0 radical (unpaired) electrons. The summed E-state index contributed by atoms with van der Waals surface area (Å²) in [5.41, 5.74) is 8.59. The van der Waals surface area contributed by atoms with E-state index in [1.54, 1.807) is 18.2 Å². The lowest BCUT2D eigenvalue weighted by Crippen LogP contribution is -2.08. The van der Waals surface area contributed by atoms with Gasteiger partial charge in [-0.3, -0.25) is 5.32 Å². The van der Waals surface area contributed by atoms with Crippen molar-refractivity contribution in [2.75, 3.05) is 11.1 Å². The van der Waals surface area contributed by atoms with Gasteiger partial charge in [-0.2, -0.15) is 0 Å². The number of amides is 1. The van der Waals surface area contributed by atoms with Crippen LogP contribution in [0.1, 0.15) is 0 Å². The molecule has 2 aromatic carbocycles. The first-order chi connectivity index (χ1) is 8.16. The van der Waals surface area contributed by atoms with Crippen LogP contribution in [0.3, 0.4) is 0 Å². The van der Waals surface area contributed by atoms with Gasteiger partial charge in [-0.25, -0.2) is 4.79 Å². The van der Waals surface area contributed by atoms with Gasteiger partial charge in [0, 0.05) is 11.3 Å². The van der Waals surface area contributed by atoms with Gasteiger partial charge < -0.3 is 10.8 Å². The molecule has 2 aromatic rings. The molecule has 4 heteroatoms. The zero-order valence-corrected chi connectivity index (χ0v) is 9.05. The highest BCUT2D eigenvalue weighted by Crippen LogP contribution is 2.28. The summed E-state index contributed by atoms with van der Waals surface area (Å²) in [5, 5.41) is 11.1. The van der Waals surface area contributed by atoms with Crippen LogP contribution >= 0.6 is 0 Å².